The SMILES string of the molecule is CCCCCCCC/C=C\CCCCCCCC(=O)OCCCCCCCC(C)(CC)CCCCCCOC(=O)CCCCCCC/C=C\CCCCCCCC. The molecule has 0 heterocycles. The standard InChI is InChI=1S/C53H100O4/c1-5-8-10-12-14-16-18-20-22-24-26-28-30-33-39-45-51(54)56-49-43-37-32-35-41-47-53(4,7-3)48-42-36-38-44-50-57-52(55)46-40-34-31-29-27-25-23-21-19-17-15-13-11-9-6-2/h20-23H,5-19,24-50H2,1-4H3/b22-20-,23-21-. The van der Waals surface area contributed by atoms with Gasteiger partial charge in [-0.05, 0) is 95.3 Å². The number of allylic oxidation sites excluding steroid dienone is 4. The van der Waals surface area contributed by atoms with Crippen LogP contribution < -0.4 is 0 Å². The summed E-state index contributed by atoms with van der Waals surface area (Å²) >= 11 is 0. The summed E-state index contributed by atoms with van der Waals surface area (Å²) < 4.78 is 11.0. The lowest BCUT2D eigenvalue weighted by molar-refractivity contribution is -0.144. The molecule has 0 bridgehead atoms. The van der Waals surface area contributed by atoms with E-state index >= 15 is 0 Å². The zero-order valence-electron chi connectivity index (χ0n) is 39.1. The highest BCUT2D eigenvalue weighted by molar-refractivity contribution is 5.69. The van der Waals surface area contributed by atoms with Crippen molar-refractivity contribution in [2.75, 3.05) is 13.2 Å². The van der Waals surface area contributed by atoms with Crippen LogP contribution in [0.5, 0.6) is 0 Å². The summed E-state index contributed by atoms with van der Waals surface area (Å²) in [5.41, 5.74) is 0.440. The van der Waals surface area contributed by atoms with Crippen LogP contribution in [0, 0.1) is 5.41 Å². The van der Waals surface area contributed by atoms with Crippen molar-refractivity contribution in [3.05, 3.63) is 24.3 Å². The smallest absolute Gasteiger partial charge is 0.305 e. The first kappa shape index (κ1) is 55.4. The third kappa shape index (κ3) is 43.8. The second-order valence-electron chi connectivity index (χ2n) is 18.0. The average Bonchev–Trinajstić information content (AvgIpc) is 3.21. The molecule has 0 aliphatic carbocycles. The van der Waals surface area contributed by atoms with E-state index in [1.165, 1.54) is 193 Å². The van der Waals surface area contributed by atoms with Gasteiger partial charge in [0.25, 0.3) is 0 Å². The van der Waals surface area contributed by atoms with Gasteiger partial charge in [0.15, 0.2) is 0 Å². The fourth-order valence-electron chi connectivity index (χ4n) is 7.87. The van der Waals surface area contributed by atoms with E-state index in [1.54, 1.807) is 0 Å². The second kappa shape index (κ2) is 45.5. The van der Waals surface area contributed by atoms with Crippen molar-refractivity contribution in [2.24, 2.45) is 5.41 Å². The number of carbonyl (C=O) groups excluding carboxylic acids is 2. The molecule has 4 heteroatoms. The Bertz CT molecular complexity index is 893. The zero-order valence-corrected chi connectivity index (χ0v) is 39.1. The number of esters is 2. The molecule has 0 spiro atoms. The number of hydrogen-bond acceptors (Lipinski definition) is 4. The lowest BCUT2D eigenvalue weighted by Crippen LogP contribution is -2.15. The van der Waals surface area contributed by atoms with E-state index in [-0.39, 0.29) is 11.9 Å². The van der Waals surface area contributed by atoms with Gasteiger partial charge in [-0.2, -0.15) is 0 Å². The Balaban J connectivity index is 3.53. The zero-order chi connectivity index (χ0) is 41.6. The number of hydrogen-bond donors (Lipinski definition) is 0. The second-order valence-corrected chi connectivity index (χ2v) is 18.0. The number of ether oxygens (including phenoxy) is 2. The molecule has 336 valence electrons. The van der Waals surface area contributed by atoms with Gasteiger partial charge >= 0.3 is 11.9 Å². The van der Waals surface area contributed by atoms with E-state index in [9.17, 15) is 9.59 Å². The molecule has 0 aromatic carbocycles. The summed E-state index contributed by atoms with van der Waals surface area (Å²) in [4.78, 5) is 24.2. The van der Waals surface area contributed by atoms with Crippen LogP contribution >= 0.6 is 0 Å². The molecule has 4 nitrogen and oxygen atoms in total. The lowest BCUT2D eigenvalue weighted by Gasteiger charge is -2.28. The first-order valence-electron chi connectivity index (χ1n) is 25.6. The minimum atomic E-state index is -0.00348. The van der Waals surface area contributed by atoms with Crippen LogP contribution in [0.2, 0.25) is 0 Å². The van der Waals surface area contributed by atoms with Gasteiger partial charge in [0.05, 0.1) is 13.2 Å². The highest BCUT2D eigenvalue weighted by Gasteiger charge is 2.20. The summed E-state index contributed by atoms with van der Waals surface area (Å²) in [6.07, 6.45) is 58.3. The van der Waals surface area contributed by atoms with Crippen molar-refractivity contribution in [1.29, 1.82) is 0 Å². The topological polar surface area (TPSA) is 52.6 Å². The van der Waals surface area contributed by atoms with Gasteiger partial charge in [0.2, 0.25) is 0 Å². The summed E-state index contributed by atoms with van der Waals surface area (Å²) in [7, 11) is 0. The van der Waals surface area contributed by atoms with Crippen molar-refractivity contribution in [3.8, 4) is 0 Å². The quantitative estimate of drug-likeness (QED) is 0.0350. The predicted octanol–water partition coefficient (Wildman–Crippen LogP) is 17.9. The maximum absolute atomic E-state index is 12.1. The molecule has 0 aromatic heterocycles. The van der Waals surface area contributed by atoms with Crippen molar-refractivity contribution in [2.45, 2.75) is 285 Å². The van der Waals surface area contributed by atoms with E-state index in [4.69, 9.17) is 9.47 Å². The Morgan fingerprint density at radius 3 is 0.982 bits per heavy atom. The van der Waals surface area contributed by atoms with E-state index in [0.717, 1.165) is 51.4 Å². The molecule has 0 aliphatic rings. The Hall–Kier alpha value is -1.58. The fourth-order valence-corrected chi connectivity index (χ4v) is 7.87. The summed E-state index contributed by atoms with van der Waals surface area (Å²) in [6.45, 7) is 10.6. The van der Waals surface area contributed by atoms with E-state index in [1.807, 2.05) is 0 Å². The number of carbonyl (C=O) groups is 2. The molecule has 57 heavy (non-hydrogen) atoms. The molecular weight excluding hydrogens is 701 g/mol. The molecule has 0 N–H and O–H groups in total. The van der Waals surface area contributed by atoms with Crippen LogP contribution in [0.3, 0.4) is 0 Å². The Morgan fingerprint density at radius 1 is 0.368 bits per heavy atom. The van der Waals surface area contributed by atoms with Gasteiger partial charge in [0, 0.05) is 12.8 Å². The summed E-state index contributed by atoms with van der Waals surface area (Å²) in [5.74, 6) is -0.00682. The highest BCUT2D eigenvalue weighted by atomic mass is 16.5. The minimum absolute atomic E-state index is 0.00334. The first-order chi connectivity index (χ1) is 28.0. The minimum Gasteiger partial charge on any atom is -0.466 e. The van der Waals surface area contributed by atoms with Gasteiger partial charge in [0.1, 0.15) is 0 Å². The molecule has 0 radical (unpaired) electrons. The Kier molecular flexibility index (Phi) is 44.2. The third-order valence-electron chi connectivity index (χ3n) is 12.3. The van der Waals surface area contributed by atoms with E-state index in [2.05, 4.69) is 52.0 Å². The van der Waals surface area contributed by atoms with Gasteiger partial charge in [-0.15, -0.1) is 0 Å². The van der Waals surface area contributed by atoms with Crippen molar-refractivity contribution >= 4 is 11.9 Å². The maximum Gasteiger partial charge on any atom is 0.305 e. The molecule has 0 saturated carbocycles. The molecule has 1 unspecified atom stereocenters. The molecule has 0 amide bonds. The van der Waals surface area contributed by atoms with E-state index < -0.39 is 0 Å². The molecule has 0 aliphatic heterocycles. The summed E-state index contributed by atoms with van der Waals surface area (Å²) in [6, 6.07) is 0. The predicted molar refractivity (Wildman–Crippen MR) is 250 cm³/mol. The number of unbranched alkanes of at least 4 members (excludes halogenated alkanes) is 29. The average molecular weight is 801 g/mol. The Labute approximate surface area is 357 Å². The fraction of sp³-hybridized carbons (Fsp3) is 0.887. The monoisotopic (exact) mass is 801 g/mol. The van der Waals surface area contributed by atoms with E-state index in [0.29, 0.717) is 31.5 Å². The van der Waals surface area contributed by atoms with Gasteiger partial charge in [-0.25, -0.2) is 0 Å². The molecule has 0 aromatic rings. The van der Waals surface area contributed by atoms with Crippen molar-refractivity contribution in [3.63, 3.8) is 0 Å². The molecule has 1 atom stereocenters. The molecular formula is C53H100O4. The summed E-state index contributed by atoms with van der Waals surface area (Å²) in [5, 5.41) is 0. The largest absolute Gasteiger partial charge is 0.466 e. The molecule has 0 rings (SSSR count). The van der Waals surface area contributed by atoms with Crippen molar-refractivity contribution in [1.82, 2.24) is 0 Å². The number of rotatable bonds is 46. The van der Waals surface area contributed by atoms with Gasteiger partial charge < -0.3 is 9.47 Å². The Morgan fingerprint density at radius 2 is 0.649 bits per heavy atom. The van der Waals surface area contributed by atoms with Crippen LogP contribution in [-0.4, -0.2) is 25.2 Å². The highest BCUT2D eigenvalue weighted by Crippen LogP contribution is 2.34. The van der Waals surface area contributed by atoms with Crippen LogP contribution in [0.15, 0.2) is 24.3 Å². The molecule has 0 fully saturated rings. The van der Waals surface area contributed by atoms with Crippen LogP contribution in [0.25, 0.3) is 0 Å². The van der Waals surface area contributed by atoms with Gasteiger partial charge in [-0.1, -0.05) is 206 Å². The maximum atomic E-state index is 12.1. The van der Waals surface area contributed by atoms with Gasteiger partial charge in [-0.3, -0.25) is 9.59 Å². The van der Waals surface area contributed by atoms with Crippen molar-refractivity contribution < 1.29 is 19.1 Å². The lowest BCUT2D eigenvalue weighted by atomic mass is 9.77. The van der Waals surface area contributed by atoms with Crippen LogP contribution in [0.1, 0.15) is 285 Å². The third-order valence-corrected chi connectivity index (χ3v) is 12.3. The van der Waals surface area contributed by atoms with Crippen LogP contribution in [0.4, 0.5) is 0 Å². The van der Waals surface area contributed by atoms with Crippen LogP contribution in [-0.2, 0) is 19.1 Å². The normalized spacial score (nSPS) is 12.8. The first-order valence-corrected chi connectivity index (χ1v) is 25.6. The molecule has 0 saturated heterocycles.